The summed E-state index contributed by atoms with van der Waals surface area (Å²) < 4.78 is 1.14. The largest absolute Gasteiger partial charge is 0.396 e. The molecule has 2 atom stereocenters. The van der Waals surface area contributed by atoms with Gasteiger partial charge in [0.1, 0.15) is 5.69 Å². The van der Waals surface area contributed by atoms with E-state index in [0.717, 1.165) is 30.4 Å². The summed E-state index contributed by atoms with van der Waals surface area (Å²) in [5, 5.41) is 16.1. The Hall–Kier alpha value is -1.69. The van der Waals surface area contributed by atoms with Crippen molar-refractivity contribution in [2.24, 2.45) is 18.9 Å². The van der Waals surface area contributed by atoms with Crippen molar-refractivity contribution < 1.29 is 9.90 Å². The van der Waals surface area contributed by atoms with Gasteiger partial charge in [-0.05, 0) is 30.7 Å². The third-order valence-corrected chi connectivity index (χ3v) is 4.02. The maximum Gasteiger partial charge on any atom is 0.271 e. The molecular formula is C14H21N3O3. The molecule has 0 radical (unpaired) electrons. The second-order valence-electron chi connectivity index (χ2n) is 5.38. The van der Waals surface area contributed by atoms with Crippen LogP contribution in [0.2, 0.25) is 0 Å². The summed E-state index contributed by atoms with van der Waals surface area (Å²) in [6.07, 6.45) is 4.36. The lowest BCUT2D eigenvalue weighted by atomic mass is 9.79. The zero-order valence-electron chi connectivity index (χ0n) is 11.7. The third kappa shape index (κ3) is 3.45. The van der Waals surface area contributed by atoms with Gasteiger partial charge in [0, 0.05) is 26.3 Å². The summed E-state index contributed by atoms with van der Waals surface area (Å²) in [4.78, 5) is 23.2. The van der Waals surface area contributed by atoms with Gasteiger partial charge in [0.25, 0.3) is 11.5 Å². The van der Waals surface area contributed by atoms with E-state index in [2.05, 4.69) is 10.4 Å². The number of aliphatic hydroxyl groups excluding tert-OH is 1. The molecule has 1 aliphatic carbocycles. The number of carbonyl (C=O) groups excluding carboxylic acids is 1. The summed E-state index contributed by atoms with van der Waals surface area (Å²) in [6, 6.07) is 2.76. The molecule has 1 aliphatic rings. The van der Waals surface area contributed by atoms with E-state index in [9.17, 15) is 14.7 Å². The van der Waals surface area contributed by atoms with E-state index in [1.54, 1.807) is 0 Å². The number of hydrogen-bond acceptors (Lipinski definition) is 4. The maximum atomic E-state index is 12.0. The predicted octanol–water partition coefficient (Wildman–Crippen LogP) is 0.309. The summed E-state index contributed by atoms with van der Waals surface area (Å²) >= 11 is 0. The first-order chi connectivity index (χ1) is 9.61. The molecule has 6 heteroatoms. The molecule has 6 nitrogen and oxygen atoms in total. The second kappa shape index (κ2) is 6.65. The molecule has 20 heavy (non-hydrogen) atoms. The monoisotopic (exact) mass is 279 g/mol. The number of carbonyl (C=O) groups is 1. The van der Waals surface area contributed by atoms with Gasteiger partial charge in [0.2, 0.25) is 0 Å². The van der Waals surface area contributed by atoms with Crippen LogP contribution >= 0.6 is 0 Å². The standard InChI is InChI=1S/C14H21N3O3/c1-17-13(19)7-6-12(16-17)14(20)15-8-10-4-2-3-5-11(10)9-18/h6-7,10-11,18H,2-5,8-9H2,1H3,(H,15,20). The molecule has 1 aromatic heterocycles. The molecule has 0 saturated heterocycles. The van der Waals surface area contributed by atoms with E-state index in [-0.39, 0.29) is 29.7 Å². The Morgan fingerprint density at radius 1 is 1.40 bits per heavy atom. The van der Waals surface area contributed by atoms with Crippen molar-refractivity contribution in [2.75, 3.05) is 13.2 Å². The highest BCUT2D eigenvalue weighted by molar-refractivity contribution is 5.91. The first-order valence-electron chi connectivity index (χ1n) is 7.05. The van der Waals surface area contributed by atoms with Crippen molar-refractivity contribution in [1.29, 1.82) is 0 Å². The summed E-state index contributed by atoms with van der Waals surface area (Å²) in [7, 11) is 1.52. The van der Waals surface area contributed by atoms with Gasteiger partial charge in [-0.1, -0.05) is 12.8 Å². The lowest BCUT2D eigenvalue weighted by molar-refractivity contribution is 0.0902. The molecule has 1 amide bonds. The summed E-state index contributed by atoms with van der Waals surface area (Å²) in [5.74, 6) is 0.324. The minimum Gasteiger partial charge on any atom is -0.396 e. The Balaban J connectivity index is 1.94. The van der Waals surface area contributed by atoms with Crippen LogP contribution in [-0.2, 0) is 7.05 Å². The maximum absolute atomic E-state index is 12.0. The van der Waals surface area contributed by atoms with Crippen LogP contribution in [0.4, 0.5) is 0 Å². The average Bonchev–Trinajstić information content (AvgIpc) is 2.47. The normalized spacial score (nSPS) is 22.5. The number of nitrogens with one attached hydrogen (secondary N) is 1. The van der Waals surface area contributed by atoms with Gasteiger partial charge < -0.3 is 10.4 Å². The minimum atomic E-state index is -0.275. The summed E-state index contributed by atoms with van der Waals surface area (Å²) in [5.41, 5.74) is -0.00219. The highest BCUT2D eigenvalue weighted by Crippen LogP contribution is 2.29. The first kappa shape index (κ1) is 14.7. The van der Waals surface area contributed by atoms with E-state index in [0.29, 0.717) is 12.5 Å². The van der Waals surface area contributed by atoms with Gasteiger partial charge in [-0.3, -0.25) is 9.59 Å². The van der Waals surface area contributed by atoms with E-state index >= 15 is 0 Å². The van der Waals surface area contributed by atoms with Crippen molar-refractivity contribution in [2.45, 2.75) is 25.7 Å². The molecule has 1 fully saturated rings. The number of hydrogen-bond donors (Lipinski definition) is 2. The van der Waals surface area contributed by atoms with Gasteiger partial charge in [0.05, 0.1) is 0 Å². The van der Waals surface area contributed by atoms with Gasteiger partial charge in [0.15, 0.2) is 0 Å². The molecular weight excluding hydrogens is 258 g/mol. The van der Waals surface area contributed by atoms with Crippen molar-refractivity contribution >= 4 is 5.91 Å². The van der Waals surface area contributed by atoms with Crippen LogP contribution < -0.4 is 10.9 Å². The van der Waals surface area contributed by atoms with Crippen LogP contribution in [0, 0.1) is 11.8 Å². The van der Waals surface area contributed by atoms with Gasteiger partial charge >= 0.3 is 0 Å². The smallest absolute Gasteiger partial charge is 0.271 e. The van der Waals surface area contributed by atoms with E-state index in [4.69, 9.17) is 0 Å². The first-order valence-corrected chi connectivity index (χ1v) is 7.05. The zero-order valence-corrected chi connectivity index (χ0v) is 11.7. The average molecular weight is 279 g/mol. The van der Waals surface area contributed by atoms with E-state index < -0.39 is 0 Å². The molecule has 2 unspecified atom stereocenters. The molecule has 110 valence electrons. The quantitative estimate of drug-likeness (QED) is 0.830. The number of nitrogens with zero attached hydrogens (tertiary/aromatic N) is 2. The molecule has 0 aliphatic heterocycles. The van der Waals surface area contributed by atoms with Crippen LogP contribution in [0.15, 0.2) is 16.9 Å². The predicted molar refractivity (Wildman–Crippen MR) is 74.3 cm³/mol. The fraction of sp³-hybridized carbons (Fsp3) is 0.643. The van der Waals surface area contributed by atoms with Crippen LogP contribution in [0.25, 0.3) is 0 Å². The Bertz CT molecular complexity index is 527. The molecule has 1 aromatic rings. The van der Waals surface area contributed by atoms with Gasteiger partial charge in [-0.15, -0.1) is 0 Å². The van der Waals surface area contributed by atoms with Gasteiger partial charge in [-0.2, -0.15) is 5.10 Å². The SMILES string of the molecule is Cn1nc(C(=O)NCC2CCCCC2CO)ccc1=O. The molecule has 2 N–H and O–H groups in total. The Morgan fingerprint density at radius 2 is 2.10 bits per heavy atom. The van der Waals surface area contributed by atoms with Crippen LogP contribution in [0.3, 0.4) is 0 Å². The van der Waals surface area contributed by atoms with Gasteiger partial charge in [-0.25, -0.2) is 4.68 Å². The number of aliphatic hydroxyl groups is 1. The zero-order chi connectivity index (χ0) is 14.5. The molecule has 1 heterocycles. The number of amides is 1. The fourth-order valence-corrected chi connectivity index (χ4v) is 2.73. The minimum absolute atomic E-state index is 0.179. The van der Waals surface area contributed by atoms with E-state index in [1.807, 2.05) is 0 Å². The highest BCUT2D eigenvalue weighted by Gasteiger charge is 2.25. The van der Waals surface area contributed by atoms with Crippen LogP contribution in [-0.4, -0.2) is 33.9 Å². The third-order valence-electron chi connectivity index (χ3n) is 4.02. The number of rotatable bonds is 4. The van der Waals surface area contributed by atoms with Crippen molar-refractivity contribution in [1.82, 2.24) is 15.1 Å². The lowest BCUT2D eigenvalue weighted by Gasteiger charge is -2.30. The molecule has 0 aromatic carbocycles. The second-order valence-corrected chi connectivity index (χ2v) is 5.38. The van der Waals surface area contributed by atoms with Crippen molar-refractivity contribution in [3.8, 4) is 0 Å². The van der Waals surface area contributed by atoms with Crippen molar-refractivity contribution in [3.63, 3.8) is 0 Å². The number of aromatic nitrogens is 2. The fourth-order valence-electron chi connectivity index (χ4n) is 2.73. The molecule has 0 spiro atoms. The summed E-state index contributed by atoms with van der Waals surface area (Å²) in [6.45, 7) is 0.729. The Labute approximate surface area is 117 Å². The molecule has 1 saturated carbocycles. The van der Waals surface area contributed by atoms with E-state index in [1.165, 1.54) is 19.2 Å². The molecule has 2 rings (SSSR count). The van der Waals surface area contributed by atoms with Crippen molar-refractivity contribution in [3.05, 3.63) is 28.2 Å². The number of aryl methyl sites for hydroxylation is 1. The molecule has 0 bridgehead atoms. The topological polar surface area (TPSA) is 84.2 Å². The Kier molecular flexibility index (Phi) is 4.89. The van der Waals surface area contributed by atoms with Crippen LogP contribution in [0.5, 0.6) is 0 Å². The Morgan fingerprint density at radius 3 is 2.75 bits per heavy atom. The lowest BCUT2D eigenvalue weighted by Crippen LogP contribution is -2.36. The highest BCUT2D eigenvalue weighted by atomic mass is 16.3. The van der Waals surface area contributed by atoms with Crippen LogP contribution in [0.1, 0.15) is 36.2 Å².